The van der Waals surface area contributed by atoms with E-state index in [0.29, 0.717) is 22.5 Å². The number of hydrogen-bond acceptors (Lipinski definition) is 3. The number of phenolic OH excluding ortho intramolecular Hbond substituents is 1. The predicted octanol–water partition coefficient (Wildman–Crippen LogP) is 5.37. The van der Waals surface area contributed by atoms with Crippen LogP contribution in [0.15, 0.2) is 54.6 Å². The standard InChI is InChI=1S/C22H20FNO2S/c1-14-4-2-7-18(21(14)23)19-10-11-20(27-19)22(26)24(16-8-9-16)13-15-5-3-6-17(25)12-15/h2-7,10-12,16,25H,8-9,13H2,1H3. The van der Waals surface area contributed by atoms with Crippen LogP contribution in [0, 0.1) is 12.7 Å². The first-order valence-electron chi connectivity index (χ1n) is 8.97. The van der Waals surface area contributed by atoms with Crippen LogP contribution in [0.1, 0.15) is 33.6 Å². The SMILES string of the molecule is Cc1cccc(-c2ccc(C(=O)N(Cc3cccc(O)c3)C3CC3)s2)c1F. The Hall–Kier alpha value is -2.66. The summed E-state index contributed by atoms with van der Waals surface area (Å²) >= 11 is 1.32. The number of amides is 1. The van der Waals surface area contributed by atoms with Gasteiger partial charge in [0, 0.05) is 23.0 Å². The van der Waals surface area contributed by atoms with Crippen molar-refractivity contribution in [1.82, 2.24) is 4.90 Å². The molecule has 1 saturated carbocycles. The third kappa shape index (κ3) is 3.74. The number of rotatable bonds is 5. The second-order valence-corrected chi connectivity index (χ2v) is 8.02. The highest BCUT2D eigenvalue weighted by Crippen LogP contribution is 2.35. The minimum absolute atomic E-state index is 0.0369. The number of hydrogen-bond donors (Lipinski definition) is 1. The molecule has 4 rings (SSSR count). The third-order valence-electron chi connectivity index (χ3n) is 4.79. The van der Waals surface area contributed by atoms with Crippen molar-refractivity contribution < 1.29 is 14.3 Å². The number of aryl methyl sites for hydroxylation is 1. The maximum atomic E-state index is 14.4. The Morgan fingerprint density at radius 1 is 1.19 bits per heavy atom. The Labute approximate surface area is 161 Å². The van der Waals surface area contributed by atoms with Crippen LogP contribution in [-0.4, -0.2) is 22.0 Å². The Bertz CT molecular complexity index is 993. The van der Waals surface area contributed by atoms with Crippen LogP contribution in [0.2, 0.25) is 0 Å². The highest BCUT2D eigenvalue weighted by molar-refractivity contribution is 7.17. The lowest BCUT2D eigenvalue weighted by Gasteiger charge is -2.22. The maximum Gasteiger partial charge on any atom is 0.264 e. The van der Waals surface area contributed by atoms with E-state index in [9.17, 15) is 14.3 Å². The van der Waals surface area contributed by atoms with Crippen LogP contribution in [0.3, 0.4) is 0 Å². The van der Waals surface area contributed by atoms with E-state index in [0.717, 1.165) is 23.3 Å². The van der Waals surface area contributed by atoms with E-state index >= 15 is 0 Å². The van der Waals surface area contributed by atoms with Crippen molar-refractivity contribution in [3.8, 4) is 16.2 Å². The van der Waals surface area contributed by atoms with Crippen molar-refractivity contribution in [3.63, 3.8) is 0 Å². The van der Waals surface area contributed by atoms with Crippen LogP contribution in [0.5, 0.6) is 5.75 Å². The fourth-order valence-corrected chi connectivity index (χ4v) is 4.16. The van der Waals surface area contributed by atoms with Crippen molar-refractivity contribution in [2.24, 2.45) is 0 Å². The first kappa shape index (κ1) is 17.7. The number of carbonyl (C=O) groups excluding carboxylic acids is 1. The quantitative estimate of drug-likeness (QED) is 0.645. The van der Waals surface area contributed by atoms with Gasteiger partial charge < -0.3 is 10.0 Å². The second kappa shape index (κ2) is 7.16. The third-order valence-corrected chi connectivity index (χ3v) is 5.89. The van der Waals surface area contributed by atoms with Crippen LogP contribution in [0.25, 0.3) is 10.4 Å². The van der Waals surface area contributed by atoms with Crippen LogP contribution < -0.4 is 0 Å². The van der Waals surface area contributed by atoms with E-state index in [1.54, 1.807) is 43.3 Å². The van der Waals surface area contributed by atoms with Gasteiger partial charge in [0.25, 0.3) is 5.91 Å². The van der Waals surface area contributed by atoms with E-state index in [4.69, 9.17) is 0 Å². The molecule has 0 unspecified atom stereocenters. The van der Waals surface area contributed by atoms with E-state index in [-0.39, 0.29) is 23.5 Å². The molecule has 5 heteroatoms. The zero-order valence-electron chi connectivity index (χ0n) is 15.0. The summed E-state index contributed by atoms with van der Waals surface area (Å²) in [5, 5.41) is 9.68. The molecule has 0 saturated heterocycles. The lowest BCUT2D eigenvalue weighted by molar-refractivity contribution is 0.0734. The smallest absolute Gasteiger partial charge is 0.264 e. The van der Waals surface area contributed by atoms with E-state index in [2.05, 4.69) is 0 Å². The number of carbonyl (C=O) groups is 1. The molecular weight excluding hydrogens is 361 g/mol. The molecule has 2 aromatic carbocycles. The lowest BCUT2D eigenvalue weighted by Crippen LogP contribution is -2.32. The number of halogens is 1. The largest absolute Gasteiger partial charge is 0.508 e. The molecule has 138 valence electrons. The molecule has 1 fully saturated rings. The maximum absolute atomic E-state index is 14.4. The van der Waals surface area contributed by atoms with Crippen molar-refractivity contribution in [2.45, 2.75) is 32.4 Å². The average Bonchev–Trinajstić information content (AvgIpc) is 3.38. The second-order valence-electron chi connectivity index (χ2n) is 6.93. The van der Waals surface area contributed by atoms with Gasteiger partial charge in [0.15, 0.2) is 0 Å². The van der Waals surface area contributed by atoms with Gasteiger partial charge in [-0.2, -0.15) is 0 Å². The first-order valence-corrected chi connectivity index (χ1v) is 9.79. The minimum atomic E-state index is -0.239. The van der Waals surface area contributed by atoms with Crippen molar-refractivity contribution in [3.05, 3.63) is 76.4 Å². The summed E-state index contributed by atoms with van der Waals surface area (Å²) in [6.45, 7) is 2.20. The number of nitrogens with zero attached hydrogens (tertiary/aromatic N) is 1. The molecule has 0 radical (unpaired) electrons. The molecule has 1 aromatic heterocycles. The molecule has 0 aliphatic heterocycles. The highest BCUT2D eigenvalue weighted by atomic mass is 32.1. The topological polar surface area (TPSA) is 40.5 Å². The van der Waals surface area contributed by atoms with Gasteiger partial charge in [-0.25, -0.2) is 4.39 Å². The van der Waals surface area contributed by atoms with Crippen molar-refractivity contribution in [1.29, 1.82) is 0 Å². The summed E-state index contributed by atoms with van der Waals surface area (Å²) in [4.78, 5) is 16.3. The van der Waals surface area contributed by atoms with Gasteiger partial charge in [-0.05, 0) is 55.2 Å². The van der Waals surface area contributed by atoms with Crippen molar-refractivity contribution in [2.75, 3.05) is 0 Å². The number of benzene rings is 2. The molecule has 1 aliphatic rings. The van der Waals surface area contributed by atoms with Gasteiger partial charge in [0.05, 0.1) is 4.88 Å². The minimum Gasteiger partial charge on any atom is -0.508 e. The van der Waals surface area contributed by atoms with E-state index in [1.807, 2.05) is 23.1 Å². The molecule has 27 heavy (non-hydrogen) atoms. The van der Waals surface area contributed by atoms with Gasteiger partial charge in [0.2, 0.25) is 0 Å². The van der Waals surface area contributed by atoms with Gasteiger partial charge in [-0.3, -0.25) is 4.79 Å². The Kier molecular flexibility index (Phi) is 4.70. The van der Waals surface area contributed by atoms with Crippen molar-refractivity contribution >= 4 is 17.2 Å². The first-order chi connectivity index (χ1) is 13.0. The summed E-state index contributed by atoms with van der Waals surface area (Å²) in [7, 11) is 0. The number of thiophene rings is 1. The van der Waals surface area contributed by atoms with Crippen LogP contribution in [0.4, 0.5) is 4.39 Å². The molecule has 1 amide bonds. The summed E-state index contributed by atoms with van der Waals surface area (Å²) < 4.78 is 14.4. The van der Waals surface area contributed by atoms with Gasteiger partial charge >= 0.3 is 0 Å². The Morgan fingerprint density at radius 2 is 1.96 bits per heavy atom. The summed E-state index contributed by atoms with van der Waals surface area (Å²) in [6.07, 6.45) is 1.99. The molecule has 1 N–H and O–H groups in total. The average molecular weight is 381 g/mol. The fourth-order valence-electron chi connectivity index (χ4n) is 3.18. The highest BCUT2D eigenvalue weighted by Gasteiger charge is 2.33. The number of phenols is 1. The van der Waals surface area contributed by atoms with Gasteiger partial charge in [-0.1, -0.05) is 30.3 Å². The zero-order valence-corrected chi connectivity index (χ0v) is 15.8. The molecule has 0 spiro atoms. The van der Waals surface area contributed by atoms with Crippen LogP contribution >= 0.6 is 11.3 Å². The zero-order chi connectivity index (χ0) is 19.0. The summed E-state index contributed by atoms with van der Waals surface area (Å²) in [5.41, 5.74) is 2.03. The Balaban J connectivity index is 1.59. The monoisotopic (exact) mass is 381 g/mol. The molecule has 0 bridgehead atoms. The van der Waals surface area contributed by atoms with E-state index < -0.39 is 0 Å². The van der Waals surface area contributed by atoms with Gasteiger partial charge in [-0.15, -0.1) is 11.3 Å². The molecular formula is C22H20FNO2S. The number of aromatic hydroxyl groups is 1. The normalized spacial score (nSPS) is 13.6. The fraction of sp³-hybridized carbons (Fsp3) is 0.227. The molecule has 1 aliphatic carbocycles. The lowest BCUT2D eigenvalue weighted by atomic mass is 10.1. The molecule has 3 nitrogen and oxygen atoms in total. The van der Waals surface area contributed by atoms with E-state index in [1.165, 1.54) is 11.3 Å². The molecule has 1 heterocycles. The molecule has 3 aromatic rings. The Morgan fingerprint density at radius 3 is 2.70 bits per heavy atom. The summed E-state index contributed by atoms with van der Waals surface area (Å²) in [5.74, 6) is -0.0775. The van der Waals surface area contributed by atoms with Crippen LogP contribution in [-0.2, 0) is 6.54 Å². The predicted molar refractivity (Wildman–Crippen MR) is 105 cm³/mol. The molecule has 0 atom stereocenters. The summed E-state index contributed by atoms with van der Waals surface area (Å²) in [6, 6.07) is 16.1. The van der Waals surface area contributed by atoms with Gasteiger partial charge in [0.1, 0.15) is 11.6 Å².